The topological polar surface area (TPSA) is 17.1 Å². The molecular weight excluding hydrogens is 100 g/mol. The van der Waals surface area contributed by atoms with Crippen molar-refractivity contribution in [2.45, 2.75) is 13.3 Å². The Morgan fingerprint density at radius 1 is 1.75 bits per heavy atom. The summed E-state index contributed by atoms with van der Waals surface area (Å²) in [4.78, 5) is 9.75. The van der Waals surface area contributed by atoms with Gasteiger partial charge in [-0.3, -0.25) is 0 Å². The zero-order valence-corrected chi connectivity index (χ0v) is 5.05. The van der Waals surface area contributed by atoms with Crippen molar-refractivity contribution in [1.29, 1.82) is 0 Å². The van der Waals surface area contributed by atoms with Crippen LogP contribution in [0.25, 0.3) is 0 Å². The van der Waals surface area contributed by atoms with Crippen molar-refractivity contribution in [2.24, 2.45) is 0 Å². The van der Waals surface area contributed by atoms with Gasteiger partial charge < -0.3 is 4.79 Å². The predicted molar refractivity (Wildman–Crippen MR) is 34.6 cm³/mol. The third-order valence-corrected chi connectivity index (χ3v) is 0.858. The molecule has 8 heavy (non-hydrogen) atoms. The Morgan fingerprint density at radius 3 is 2.75 bits per heavy atom. The Bertz CT molecular complexity index is 112. The average Bonchev–Trinajstić information content (AvgIpc) is 1.83. The number of hydrogen-bond acceptors (Lipinski definition) is 1. The molecule has 0 aliphatic carbocycles. The van der Waals surface area contributed by atoms with Gasteiger partial charge in [-0.05, 0) is 6.92 Å². The molecule has 0 aromatic heterocycles. The molecule has 0 aliphatic heterocycles. The maximum atomic E-state index is 9.75. The Morgan fingerprint density at radius 2 is 2.38 bits per heavy atom. The minimum absolute atomic E-state index is 0.498. The predicted octanol–water partition coefficient (Wildman–Crippen LogP) is 1.71. The van der Waals surface area contributed by atoms with Gasteiger partial charge >= 0.3 is 0 Å². The minimum atomic E-state index is 0.498. The van der Waals surface area contributed by atoms with Crippen LogP contribution in [0.2, 0.25) is 0 Å². The van der Waals surface area contributed by atoms with Gasteiger partial charge in [0.1, 0.15) is 6.29 Å². The summed E-state index contributed by atoms with van der Waals surface area (Å²) in [5.74, 6) is 0. The maximum Gasteiger partial charge on any atom is 0.123 e. The number of rotatable bonds is 3. The van der Waals surface area contributed by atoms with E-state index in [4.69, 9.17) is 0 Å². The summed E-state index contributed by atoms with van der Waals surface area (Å²) < 4.78 is 0. The first-order valence-electron chi connectivity index (χ1n) is 2.54. The summed E-state index contributed by atoms with van der Waals surface area (Å²) >= 11 is 0. The molecule has 0 fully saturated rings. The number of aldehydes is 1. The van der Waals surface area contributed by atoms with Crippen LogP contribution in [0.15, 0.2) is 24.3 Å². The Kier molecular flexibility index (Phi) is 3.85. The standard InChI is InChI=1S/C7H10O/c1-3-7(2)5-4-6-8/h3,5-6H,1,4H2,2H3/b7-5+. The van der Waals surface area contributed by atoms with E-state index in [0.29, 0.717) is 6.42 Å². The van der Waals surface area contributed by atoms with Crippen molar-refractivity contribution in [3.8, 4) is 0 Å². The molecular formula is C7H10O. The van der Waals surface area contributed by atoms with Gasteiger partial charge in [0.2, 0.25) is 0 Å². The van der Waals surface area contributed by atoms with Crippen LogP contribution in [0.4, 0.5) is 0 Å². The molecule has 0 N–H and O–H groups in total. The lowest BCUT2D eigenvalue weighted by Crippen LogP contribution is -1.69. The summed E-state index contributed by atoms with van der Waals surface area (Å²) in [7, 11) is 0. The Labute approximate surface area is 49.7 Å². The molecule has 0 bridgehead atoms. The quantitative estimate of drug-likeness (QED) is 0.399. The largest absolute Gasteiger partial charge is 0.303 e. The molecule has 0 aromatic carbocycles. The van der Waals surface area contributed by atoms with Crippen molar-refractivity contribution in [3.63, 3.8) is 0 Å². The molecule has 0 heterocycles. The number of carbonyl (C=O) groups excluding carboxylic acids is 1. The van der Waals surface area contributed by atoms with Crippen LogP contribution < -0.4 is 0 Å². The summed E-state index contributed by atoms with van der Waals surface area (Å²) in [5.41, 5.74) is 1.05. The first kappa shape index (κ1) is 7.15. The van der Waals surface area contributed by atoms with Crippen LogP contribution in [0.3, 0.4) is 0 Å². The van der Waals surface area contributed by atoms with Gasteiger partial charge in [-0.2, -0.15) is 0 Å². The molecule has 1 nitrogen and oxygen atoms in total. The van der Waals surface area contributed by atoms with Gasteiger partial charge in [-0.1, -0.05) is 24.3 Å². The molecule has 0 saturated carbocycles. The number of allylic oxidation sites excluding steroid dienone is 3. The molecule has 0 spiro atoms. The average molecular weight is 110 g/mol. The van der Waals surface area contributed by atoms with Crippen LogP contribution in [-0.4, -0.2) is 6.29 Å². The summed E-state index contributed by atoms with van der Waals surface area (Å²) in [6, 6.07) is 0. The van der Waals surface area contributed by atoms with E-state index in [1.807, 2.05) is 13.0 Å². The highest BCUT2D eigenvalue weighted by atomic mass is 16.1. The smallest absolute Gasteiger partial charge is 0.123 e. The molecule has 0 unspecified atom stereocenters. The fourth-order valence-corrected chi connectivity index (χ4v) is 0.317. The lowest BCUT2D eigenvalue weighted by atomic mass is 10.2. The highest BCUT2D eigenvalue weighted by Crippen LogP contribution is 1.92. The molecule has 0 amide bonds. The monoisotopic (exact) mass is 110 g/mol. The van der Waals surface area contributed by atoms with E-state index in [0.717, 1.165) is 11.9 Å². The first-order chi connectivity index (χ1) is 3.81. The Hall–Kier alpha value is -0.850. The molecule has 0 saturated heterocycles. The van der Waals surface area contributed by atoms with Crippen LogP contribution in [0.5, 0.6) is 0 Å². The van der Waals surface area contributed by atoms with Gasteiger partial charge in [0, 0.05) is 6.42 Å². The van der Waals surface area contributed by atoms with E-state index in [1.165, 1.54) is 0 Å². The highest BCUT2D eigenvalue weighted by Gasteiger charge is 1.75. The molecule has 0 aliphatic rings. The number of hydrogen-bond donors (Lipinski definition) is 0. The minimum Gasteiger partial charge on any atom is -0.303 e. The normalized spacial score (nSPS) is 10.9. The Balaban J connectivity index is 3.56. The van der Waals surface area contributed by atoms with E-state index < -0.39 is 0 Å². The van der Waals surface area contributed by atoms with Crippen molar-refractivity contribution in [2.75, 3.05) is 0 Å². The highest BCUT2D eigenvalue weighted by molar-refractivity contribution is 5.52. The van der Waals surface area contributed by atoms with Gasteiger partial charge in [0.25, 0.3) is 0 Å². The zero-order chi connectivity index (χ0) is 6.41. The molecule has 0 radical (unpaired) electrons. The van der Waals surface area contributed by atoms with Gasteiger partial charge in [-0.15, -0.1) is 0 Å². The van der Waals surface area contributed by atoms with Crippen molar-refractivity contribution >= 4 is 6.29 Å². The lowest BCUT2D eigenvalue weighted by Gasteiger charge is -1.83. The molecule has 0 aromatic rings. The van der Waals surface area contributed by atoms with E-state index in [9.17, 15) is 4.79 Å². The maximum absolute atomic E-state index is 9.75. The second kappa shape index (κ2) is 4.31. The molecule has 0 atom stereocenters. The summed E-state index contributed by atoms with van der Waals surface area (Å²) in [5, 5.41) is 0. The SMILES string of the molecule is C=C/C(C)=C/CC=O. The van der Waals surface area contributed by atoms with E-state index in [2.05, 4.69) is 6.58 Å². The molecule has 1 heteroatoms. The number of carbonyl (C=O) groups is 1. The molecule has 44 valence electrons. The third-order valence-electron chi connectivity index (χ3n) is 0.858. The summed E-state index contributed by atoms with van der Waals surface area (Å²) in [6.07, 6.45) is 4.92. The van der Waals surface area contributed by atoms with E-state index >= 15 is 0 Å². The van der Waals surface area contributed by atoms with Crippen molar-refractivity contribution < 1.29 is 4.79 Å². The third kappa shape index (κ3) is 3.34. The van der Waals surface area contributed by atoms with Crippen molar-refractivity contribution in [1.82, 2.24) is 0 Å². The van der Waals surface area contributed by atoms with Gasteiger partial charge in [-0.25, -0.2) is 0 Å². The van der Waals surface area contributed by atoms with Gasteiger partial charge in [0.05, 0.1) is 0 Å². The van der Waals surface area contributed by atoms with Gasteiger partial charge in [0.15, 0.2) is 0 Å². The molecule has 0 rings (SSSR count). The van der Waals surface area contributed by atoms with Crippen LogP contribution in [0, 0.1) is 0 Å². The van der Waals surface area contributed by atoms with Crippen LogP contribution in [0.1, 0.15) is 13.3 Å². The fraction of sp³-hybridized carbons (Fsp3) is 0.286. The van der Waals surface area contributed by atoms with E-state index in [-0.39, 0.29) is 0 Å². The second-order valence-corrected chi connectivity index (χ2v) is 1.55. The second-order valence-electron chi connectivity index (χ2n) is 1.55. The van der Waals surface area contributed by atoms with Crippen LogP contribution >= 0.6 is 0 Å². The zero-order valence-electron chi connectivity index (χ0n) is 5.05. The summed E-state index contributed by atoms with van der Waals surface area (Å²) in [6.45, 7) is 5.44. The van der Waals surface area contributed by atoms with E-state index in [1.54, 1.807) is 6.08 Å². The van der Waals surface area contributed by atoms with Crippen LogP contribution in [-0.2, 0) is 4.79 Å². The van der Waals surface area contributed by atoms with Crippen molar-refractivity contribution in [3.05, 3.63) is 24.3 Å². The lowest BCUT2D eigenvalue weighted by molar-refractivity contribution is -0.107. The fourth-order valence-electron chi connectivity index (χ4n) is 0.317. The first-order valence-corrected chi connectivity index (χ1v) is 2.54.